The number of rotatable bonds is 1. The molecule has 2 aromatic rings. The molecule has 3 heterocycles. The summed E-state index contributed by atoms with van der Waals surface area (Å²) < 4.78 is 23.9. The molecule has 0 aromatic heterocycles. The van der Waals surface area contributed by atoms with E-state index in [9.17, 15) is 9.59 Å². The van der Waals surface area contributed by atoms with Gasteiger partial charge in [0, 0.05) is 30.6 Å². The minimum absolute atomic E-state index is 0.0640. The molecule has 11 nitrogen and oxygen atoms in total. The van der Waals surface area contributed by atoms with Crippen LogP contribution in [0.25, 0.3) is 0 Å². The van der Waals surface area contributed by atoms with Gasteiger partial charge in [-0.05, 0) is 26.0 Å². The van der Waals surface area contributed by atoms with Gasteiger partial charge in [0.1, 0.15) is 13.5 Å². The number of carbonyl (C=O) groups is 2. The van der Waals surface area contributed by atoms with Crippen LogP contribution in [-0.2, 0) is 0 Å². The summed E-state index contributed by atoms with van der Waals surface area (Å²) in [4.78, 5) is 35.6. The second-order valence-corrected chi connectivity index (χ2v) is 8.31. The molecule has 0 spiro atoms. The maximum atomic E-state index is 12.5. The second-order valence-electron chi connectivity index (χ2n) is 8.31. The molecule has 0 aliphatic carbocycles. The largest absolute Gasteiger partial charge is 0.474 e. The summed E-state index contributed by atoms with van der Waals surface area (Å²) in [6, 6.07) is 6.62. The Balaban J connectivity index is 1.52. The van der Waals surface area contributed by atoms with Crippen LogP contribution in [0.4, 0.5) is 11.4 Å². The first-order valence-electron chi connectivity index (χ1n) is 11.2. The van der Waals surface area contributed by atoms with Crippen LogP contribution >= 0.6 is 0 Å². The molecular formula is C24H25N5O6. The number of nitrogens with zero attached hydrogens (tertiary/aromatic N) is 3. The molecule has 0 bridgehead atoms. The first-order valence-corrected chi connectivity index (χ1v) is 11.2. The topological polar surface area (TPSA) is 123 Å². The zero-order valence-electron chi connectivity index (χ0n) is 19.4. The van der Waals surface area contributed by atoms with Crippen LogP contribution in [0.2, 0.25) is 0 Å². The number of amides is 2. The fourth-order valence-corrected chi connectivity index (χ4v) is 3.68. The number of fused-ring (bicyclic) bond motifs is 4. The Morgan fingerprint density at radius 1 is 0.743 bits per heavy atom. The van der Waals surface area contributed by atoms with E-state index in [-0.39, 0.29) is 38.1 Å². The number of hydrogen-bond acceptors (Lipinski definition) is 9. The van der Waals surface area contributed by atoms with Gasteiger partial charge in [0.15, 0.2) is 23.0 Å². The van der Waals surface area contributed by atoms with E-state index in [1.54, 1.807) is 36.7 Å². The van der Waals surface area contributed by atoms with Crippen molar-refractivity contribution in [3.63, 3.8) is 0 Å². The van der Waals surface area contributed by atoms with Gasteiger partial charge >= 0.3 is 0 Å². The fourth-order valence-electron chi connectivity index (χ4n) is 3.68. The normalized spacial score (nSPS) is 17.7. The highest BCUT2D eigenvalue weighted by molar-refractivity contribution is 6.03. The van der Waals surface area contributed by atoms with E-state index in [0.29, 0.717) is 58.6 Å². The van der Waals surface area contributed by atoms with E-state index >= 15 is 0 Å². The summed E-state index contributed by atoms with van der Waals surface area (Å²) >= 11 is 0. The summed E-state index contributed by atoms with van der Waals surface area (Å²) in [6.45, 7) is 4.85. The van der Waals surface area contributed by atoms with E-state index in [0.717, 1.165) is 0 Å². The van der Waals surface area contributed by atoms with Gasteiger partial charge in [-0.2, -0.15) is 0 Å². The molecule has 5 rings (SSSR count). The molecule has 2 amide bonds. The minimum atomic E-state index is -0.241. The molecular weight excluding hydrogens is 454 g/mol. The molecule has 2 N–H and O–H groups in total. The predicted molar refractivity (Wildman–Crippen MR) is 128 cm³/mol. The van der Waals surface area contributed by atoms with Crippen molar-refractivity contribution in [3.8, 4) is 23.0 Å². The van der Waals surface area contributed by atoms with Gasteiger partial charge in [-0.25, -0.2) is 4.90 Å². The highest BCUT2D eigenvalue weighted by atomic mass is 16.7. The third kappa shape index (κ3) is 4.76. The first kappa shape index (κ1) is 22.7. The van der Waals surface area contributed by atoms with E-state index in [1.165, 1.54) is 0 Å². The smallest absolute Gasteiger partial charge is 0.253 e. The third-order valence-electron chi connectivity index (χ3n) is 5.71. The lowest BCUT2D eigenvalue weighted by atomic mass is 10.1. The second kappa shape index (κ2) is 9.63. The lowest BCUT2D eigenvalue weighted by molar-refractivity contribution is 0.0202. The van der Waals surface area contributed by atoms with Crippen LogP contribution in [-0.4, -0.2) is 68.5 Å². The Hall–Kier alpha value is -4.12. The predicted octanol–water partition coefficient (Wildman–Crippen LogP) is 2.39. The molecule has 0 fully saturated rings. The molecule has 2 aromatic carbocycles. The zero-order valence-corrected chi connectivity index (χ0v) is 19.4. The molecule has 0 unspecified atom stereocenters. The Morgan fingerprint density at radius 2 is 1.20 bits per heavy atom. The van der Waals surface area contributed by atoms with E-state index in [2.05, 4.69) is 20.6 Å². The Bertz CT molecular complexity index is 1140. The fraction of sp³-hybridized carbons (Fsp3) is 0.333. The maximum Gasteiger partial charge on any atom is 0.253 e. The number of aliphatic imine (C=N–C) groups is 2. The number of carbonyl (C=O) groups excluding carboxylic acids is 2. The van der Waals surface area contributed by atoms with Gasteiger partial charge in [-0.15, -0.1) is 0 Å². The minimum Gasteiger partial charge on any atom is -0.474 e. The summed E-state index contributed by atoms with van der Waals surface area (Å²) in [6.07, 6.45) is 3.25. The lowest BCUT2D eigenvalue weighted by Crippen LogP contribution is -2.37. The van der Waals surface area contributed by atoms with Crippen LogP contribution in [0.15, 0.2) is 34.3 Å². The number of ether oxygens (including phenoxy) is 4. The SMILES string of the molecule is CC(C)N1COc2cc3c(cc2OCOc2cc4c(cc2OC1)C(=O)NCC=N4)N=CCNC3=O. The summed E-state index contributed by atoms with van der Waals surface area (Å²) in [5, 5.41) is 5.53. The standard InChI is InChI=1S/C24H25N5O6/c1-14(2)29-11-32-19-7-15-17(25-3-5-27-23(15)30)9-21(19)34-13-35-22-10-18-16(8-20(22)33-12-29)24(31)28-6-4-26-18/h3-4,7-10,14H,5-6,11-13H2,1-2H3,(H,27,30)(H,28,31). The monoisotopic (exact) mass is 479 g/mol. The van der Waals surface area contributed by atoms with Crippen LogP contribution in [0, 0.1) is 0 Å². The highest BCUT2D eigenvalue weighted by Crippen LogP contribution is 2.38. The van der Waals surface area contributed by atoms with Crippen molar-refractivity contribution in [2.45, 2.75) is 19.9 Å². The van der Waals surface area contributed by atoms with Crippen LogP contribution in [0.1, 0.15) is 34.6 Å². The molecule has 0 radical (unpaired) electrons. The quantitative estimate of drug-likeness (QED) is 0.644. The average Bonchev–Trinajstić information content (AvgIpc) is 3.13. The molecule has 0 saturated carbocycles. The number of nitrogens with one attached hydrogen (secondary N) is 2. The van der Waals surface area contributed by atoms with Crippen molar-refractivity contribution in [1.82, 2.24) is 15.5 Å². The van der Waals surface area contributed by atoms with Gasteiger partial charge < -0.3 is 29.6 Å². The molecule has 3 aliphatic rings. The number of benzene rings is 2. The van der Waals surface area contributed by atoms with Crippen LogP contribution in [0.5, 0.6) is 23.0 Å². The van der Waals surface area contributed by atoms with Gasteiger partial charge in [-0.3, -0.25) is 19.6 Å². The van der Waals surface area contributed by atoms with Crippen molar-refractivity contribution < 1.29 is 28.5 Å². The summed E-state index contributed by atoms with van der Waals surface area (Å²) in [5.74, 6) is 1.05. The molecule has 11 heteroatoms. The van der Waals surface area contributed by atoms with E-state index in [4.69, 9.17) is 18.9 Å². The molecule has 0 saturated heterocycles. The Labute approximate surface area is 201 Å². The first-order chi connectivity index (χ1) is 17.0. The van der Waals surface area contributed by atoms with Gasteiger partial charge in [0.2, 0.25) is 6.79 Å². The Morgan fingerprint density at radius 3 is 1.66 bits per heavy atom. The highest BCUT2D eigenvalue weighted by Gasteiger charge is 2.23. The molecule has 0 atom stereocenters. The zero-order chi connectivity index (χ0) is 24.4. The number of hydrogen-bond donors (Lipinski definition) is 2. The summed E-state index contributed by atoms with van der Waals surface area (Å²) in [5.41, 5.74) is 1.74. The molecule has 35 heavy (non-hydrogen) atoms. The lowest BCUT2D eigenvalue weighted by Gasteiger charge is -2.28. The average molecular weight is 479 g/mol. The van der Waals surface area contributed by atoms with Gasteiger partial charge in [0.05, 0.1) is 35.6 Å². The van der Waals surface area contributed by atoms with Crippen LogP contribution in [0.3, 0.4) is 0 Å². The Kier molecular flexibility index (Phi) is 6.23. The van der Waals surface area contributed by atoms with E-state index < -0.39 is 0 Å². The van der Waals surface area contributed by atoms with Crippen LogP contribution < -0.4 is 29.6 Å². The van der Waals surface area contributed by atoms with Crippen molar-refractivity contribution in [1.29, 1.82) is 0 Å². The molecule has 3 aliphatic heterocycles. The summed E-state index contributed by atoms with van der Waals surface area (Å²) in [7, 11) is 0. The van der Waals surface area contributed by atoms with Gasteiger partial charge in [-0.1, -0.05) is 0 Å². The van der Waals surface area contributed by atoms with Crippen molar-refractivity contribution in [2.24, 2.45) is 9.98 Å². The van der Waals surface area contributed by atoms with Crippen molar-refractivity contribution in [3.05, 3.63) is 35.4 Å². The molecule has 182 valence electrons. The van der Waals surface area contributed by atoms with Crippen molar-refractivity contribution >= 4 is 35.6 Å². The van der Waals surface area contributed by atoms with Gasteiger partial charge in [0.25, 0.3) is 11.8 Å². The van der Waals surface area contributed by atoms with E-state index in [1.807, 2.05) is 18.7 Å². The maximum absolute atomic E-state index is 12.5. The third-order valence-corrected chi connectivity index (χ3v) is 5.71. The van der Waals surface area contributed by atoms with Crippen molar-refractivity contribution in [2.75, 3.05) is 33.3 Å².